The Morgan fingerprint density at radius 1 is 1.14 bits per heavy atom. The third kappa shape index (κ3) is 2.98. The van der Waals surface area contributed by atoms with Gasteiger partial charge in [0.15, 0.2) is 0 Å². The van der Waals surface area contributed by atoms with Crippen molar-refractivity contribution in [3.05, 3.63) is 61.5 Å². The van der Waals surface area contributed by atoms with Crippen LogP contribution in [0.15, 0.2) is 51.0 Å². The summed E-state index contributed by atoms with van der Waals surface area (Å²) in [4.78, 5) is 23.8. The Hall–Kier alpha value is -2.12. The van der Waals surface area contributed by atoms with Gasteiger partial charge in [0.2, 0.25) is 0 Å². The van der Waals surface area contributed by atoms with Crippen LogP contribution >= 0.6 is 27.3 Å². The van der Waals surface area contributed by atoms with Crippen molar-refractivity contribution in [2.45, 2.75) is 0 Å². The number of hydrogen-bond acceptors (Lipinski definition) is 3. The minimum Gasteiger partial charge on any atom is -0.321 e. The van der Waals surface area contributed by atoms with Gasteiger partial charge >= 0.3 is 0 Å². The summed E-state index contributed by atoms with van der Waals surface area (Å²) < 4.78 is 0.784. The number of nitrogens with one attached hydrogen (secondary N) is 3. The standard InChI is InChI=1S/C14H10BrN3O2S/c15-10-5-6-21-13(10)14(20)16-9-3-1-8(2-4-9)11-7-12(19)18-17-11/h1-7H,(H,16,20)(H2,17,18,19). The smallest absolute Gasteiger partial charge is 0.266 e. The lowest BCUT2D eigenvalue weighted by atomic mass is 10.1. The molecule has 2 aromatic heterocycles. The van der Waals surface area contributed by atoms with Crippen LogP contribution in [0.4, 0.5) is 5.69 Å². The van der Waals surface area contributed by atoms with E-state index in [9.17, 15) is 9.59 Å². The average Bonchev–Trinajstić information content (AvgIpc) is 3.08. The third-order valence-electron chi connectivity index (χ3n) is 2.87. The van der Waals surface area contributed by atoms with E-state index in [1.165, 1.54) is 17.4 Å². The van der Waals surface area contributed by atoms with Gasteiger partial charge in [0, 0.05) is 16.2 Å². The molecule has 0 atom stereocenters. The monoisotopic (exact) mass is 363 g/mol. The number of rotatable bonds is 3. The Morgan fingerprint density at radius 3 is 2.48 bits per heavy atom. The molecule has 3 N–H and O–H groups in total. The lowest BCUT2D eigenvalue weighted by molar-refractivity contribution is 0.103. The summed E-state index contributed by atoms with van der Waals surface area (Å²) in [5.74, 6) is -0.153. The van der Waals surface area contributed by atoms with E-state index in [1.54, 1.807) is 12.1 Å². The summed E-state index contributed by atoms with van der Waals surface area (Å²) in [5.41, 5.74) is 2.09. The van der Waals surface area contributed by atoms with Gasteiger partial charge in [-0.25, -0.2) is 0 Å². The minimum atomic E-state index is -0.176. The topological polar surface area (TPSA) is 77.8 Å². The zero-order chi connectivity index (χ0) is 14.8. The summed E-state index contributed by atoms with van der Waals surface area (Å²) in [5, 5.41) is 9.95. The highest BCUT2D eigenvalue weighted by atomic mass is 79.9. The molecule has 0 unspecified atom stereocenters. The number of halogens is 1. The normalized spacial score (nSPS) is 10.5. The SMILES string of the molecule is O=C(Nc1ccc(-c2cc(=O)[nH][nH]2)cc1)c1sccc1Br. The highest BCUT2D eigenvalue weighted by Gasteiger charge is 2.11. The van der Waals surface area contributed by atoms with Gasteiger partial charge in [0.25, 0.3) is 11.5 Å². The highest BCUT2D eigenvalue weighted by Crippen LogP contribution is 2.24. The first kappa shape index (κ1) is 13.8. The Morgan fingerprint density at radius 2 is 1.90 bits per heavy atom. The molecule has 106 valence electrons. The summed E-state index contributed by atoms with van der Waals surface area (Å²) in [7, 11) is 0. The fraction of sp³-hybridized carbons (Fsp3) is 0. The van der Waals surface area contributed by atoms with E-state index >= 15 is 0 Å². The van der Waals surface area contributed by atoms with Gasteiger partial charge in [-0.2, -0.15) is 0 Å². The van der Waals surface area contributed by atoms with E-state index in [2.05, 4.69) is 31.4 Å². The molecule has 21 heavy (non-hydrogen) atoms. The zero-order valence-corrected chi connectivity index (χ0v) is 13.0. The Labute approximate surface area is 132 Å². The maximum atomic E-state index is 12.1. The van der Waals surface area contributed by atoms with Crippen molar-refractivity contribution in [1.82, 2.24) is 10.2 Å². The van der Waals surface area contributed by atoms with E-state index in [1.807, 2.05) is 23.6 Å². The lowest BCUT2D eigenvalue weighted by Crippen LogP contribution is -2.10. The molecule has 7 heteroatoms. The molecule has 0 aliphatic carbocycles. The van der Waals surface area contributed by atoms with Gasteiger partial charge in [-0.05, 0) is 45.1 Å². The number of H-pyrrole nitrogens is 2. The van der Waals surface area contributed by atoms with Gasteiger partial charge < -0.3 is 5.32 Å². The predicted molar refractivity (Wildman–Crippen MR) is 86.8 cm³/mol. The first-order valence-electron chi connectivity index (χ1n) is 6.06. The van der Waals surface area contributed by atoms with Crippen LogP contribution in [-0.4, -0.2) is 16.1 Å². The van der Waals surface area contributed by atoms with E-state index < -0.39 is 0 Å². The van der Waals surface area contributed by atoms with E-state index in [0.29, 0.717) is 16.3 Å². The number of amides is 1. The maximum absolute atomic E-state index is 12.1. The molecule has 0 radical (unpaired) electrons. The van der Waals surface area contributed by atoms with Crippen LogP contribution in [0.3, 0.4) is 0 Å². The van der Waals surface area contributed by atoms with Gasteiger partial charge in [0.05, 0.1) is 5.69 Å². The molecule has 5 nitrogen and oxygen atoms in total. The molecule has 3 aromatic rings. The maximum Gasteiger partial charge on any atom is 0.266 e. The van der Waals surface area contributed by atoms with Gasteiger partial charge in [-0.1, -0.05) is 12.1 Å². The van der Waals surface area contributed by atoms with Crippen molar-refractivity contribution in [1.29, 1.82) is 0 Å². The number of anilines is 1. The quantitative estimate of drug-likeness (QED) is 0.666. The molecule has 2 heterocycles. The minimum absolute atomic E-state index is 0.153. The summed E-state index contributed by atoms with van der Waals surface area (Å²) >= 11 is 4.71. The number of aromatic amines is 2. The van der Waals surface area contributed by atoms with Crippen LogP contribution in [0.2, 0.25) is 0 Å². The summed E-state index contributed by atoms with van der Waals surface area (Å²) in [6.45, 7) is 0. The van der Waals surface area contributed by atoms with Crippen molar-refractivity contribution < 1.29 is 4.79 Å². The number of carbonyl (C=O) groups is 1. The van der Waals surface area contributed by atoms with E-state index in [-0.39, 0.29) is 11.5 Å². The second-order valence-electron chi connectivity index (χ2n) is 4.30. The number of thiophene rings is 1. The van der Waals surface area contributed by atoms with Crippen molar-refractivity contribution in [3.63, 3.8) is 0 Å². The number of aromatic nitrogens is 2. The molecule has 0 spiro atoms. The predicted octanol–water partition coefficient (Wildman–Crippen LogP) is 3.45. The molecule has 3 rings (SSSR count). The van der Waals surface area contributed by atoms with E-state index in [0.717, 1.165) is 10.0 Å². The molecule has 0 saturated carbocycles. The molecular formula is C14H10BrN3O2S. The van der Waals surface area contributed by atoms with Gasteiger partial charge in [-0.3, -0.25) is 19.8 Å². The van der Waals surface area contributed by atoms with Crippen molar-refractivity contribution in [3.8, 4) is 11.3 Å². The first-order chi connectivity index (χ1) is 10.1. The second kappa shape index (κ2) is 5.71. The Bertz CT molecular complexity index is 832. The first-order valence-corrected chi connectivity index (χ1v) is 7.73. The summed E-state index contributed by atoms with van der Waals surface area (Å²) in [6.07, 6.45) is 0. The van der Waals surface area contributed by atoms with Crippen LogP contribution in [0.25, 0.3) is 11.3 Å². The molecule has 0 saturated heterocycles. The molecule has 0 fully saturated rings. The van der Waals surface area contributed by atoms with Gasteiger partial charge in [0.1, 0.15) is 4.88 Å². The molecule has 0 bridgehead atoms. The average molecular weight is 364 g/mol. The largest absolute Gasteiger partial charge is 0.321 e. The summed E-state index contributed by atoms with van der Waals surface area (Å²) in [6, 6.07) is 10.6. The molecule has 1 aromatic carbocycles. The van der Waals surface area contributed by atoms with Crippen molar-refractivity contribution >= 4 is 38.9 Å². The molecule has 1 amide bonds. The molecular weight excluding hydrogens is 354 g/mol. The third-order valence-corrected chi connectivity index (χ3v) is 4.71. The van der Waals surface area contributed by atoms with Crippen molar-refractivity contribution in [2.24, 2.45) is 0 Å². The van der Waals surface area contributed by atoms with Crippen LogP contribution in [0.1, 0.15) is 9.67 Å². The Balaban J connectivity index is 1.77. The van der Waals surface area contributed by atoms with Crippen LogP contribution < -0.4 is 10.9 Å². The fourth-order valence-corrected chi connectivity index (χ4v) is 3.31. The second-order valence-corrected chi connectivity index (χ2v) is 6.07. The lowest BCUT2D eigenvalue weighted by Gasteiger charge is -2.05. The van der Waals surface area contributed by atoms with Crippen LogP contribution in [0, 0.1) is 0 Å². The molecule has 0 aliphatic heterocycles. The number of carbonyl (C=O) groups excluding carboxylic acids is 1. The van der Waals surface area contributed by atoms with Crippen molar-refractivity contribution in [2.75, 3.05) is 5.32 Å². The van der Waals surface area contributed by atoms with Gasteiger partial charge in [-0.15, -0.1) is 11.3 Å². The number of benzene rings is 1. The van der Waals surface area contributed by atoms with Crippen LogP contribution in [0.5, 0.6) is 0 Å². The fourth-order valence-electron chi connectivity index (χ4n) is 1.86. The number of hydrogen-bond donors (Lipinski definition) is 3. The van der Waals surface area contributed by atoms with Crippen LogP contribution in [-0.2, 0) is 0 Å². The zero-order valence-electron chi connectivity index (χ0n) is 10.6. The van der Waals surface area contributed by atoms with E-state index in [4.69, 9.17) is 0 Å². The highest BCUT2D eigenvalue weighted by molar-refractivity contribution is 9.10. The molecule has 0 aliphatic rings. The Kier molecular flexibility index (Phi) is 3.76.